The lowest BCUT2D eigenvalue weighted by atomic mass is 10.0. The molecule has 0 aromatic rings. The molecule has 1 fully saturated rings. The first-order valence-corrected chi connectivity index (χ1v) is 5.66. The normalized spacial score (nSPS) is 29.0. The van der Waals surface area contributed by atoms with Crippen molar-refractivity contribution in [2.75, 3.05) is 27.1 Å². The Kier molecular flexibility index (Phi) is 6.43. The van der Waals surface area contributed by atoms with Gasteiger partial charge in [-0.25, -0.2) is 0 Å². The van der Waals surface area contributed by atoms with Crippen LogP contribution in [0.3, 0.4) is 0 Å². The lowest BCUT2D eigenvalue weighted by molar-refractivity contribution is -0.174. The minimum absolute atomic E-state index is 0.0404. The zero-order chi connectivity index (χ0) is 12.7. The minimum Gasteiger partial charge on any atom is -0.463 e. The number of carbonyl (C=O) groups is 1. The number of methoxy groups -OCH3 is 1. The predicted molar refractivity (Wildman–Crippen MR) is 58.4 cm³/mol. The Balaban J connectivity index is 2.39. The summed E-state index contributed by atoms with van der Waals surface area (Å²) in [7, 11) is 1.55. The fraction of sp³-hybridized carbons (Fsp3) is 0.909. The maximum Gasteiger partial charge on any atom is 0.302 e. The second kappa shape index (κ2) is 7.60. The molecule has 6 heteroatoms. The largest absolute Gasteiger partial charge is 0.463 e. The summed E-state index contributed by atoms with van der Waals surface area (Å²) in [6, 6.07) is 0. The van der Waals surface area contributed by atoms with E-state index in [0.29, 0.717) is 12.8 Å². The number of aliphatic hydroxyl groups excluding tert-OH is 1. The SMILES string of the molecule is COCO[C@@H]1C[C@@H](COC(C)=O)O[C@@H](CO)C1. The molecule has 17 heavy (non-hydrogen) atoms. The molecule has 1 heterocycles. The summed E-state index contributed by atoms with van der Waals surface area (Å²) >= 11 is 0. The zero-order valence-electron chi connectivity index (χ0n) is 10.3. The van der Waals surface area contributed by atoms with Gasteiger partial charge in [-0.15, -0.1) is 0 Å². The molecule has 1 rings (SSSR count). The van der Waals surface area contributed by atoms with Gasteiger partial charge in [0, 0.05) is 26.9 Å². The number of ether oxygens (including phenoxy) is 4. The third-order valence-electron chi connectivity index (χ3n) is 2.53. The lowest BCUT2D eigenvalue weighted by Crippen LogP contribution is -2.41. The Hall–Kier alpha value is -0.690. The van der Waals surface area contributed by atoms with Gasteiger partial charge in [0.2, 0.25) is 0 Å². The maximum absolute atomic E-state index is 10.7. The van der Waals surface area contributed by atoms with Gasteiger partial charge >= 0.3 is 5.97 Å². The van der Waals surface area contributed by atoms with Crippen LogP contribution in [0.4, 0.5) is 0 Å². The van der Waals surface area contributed by atoms with Crippen LogP contribution in [0.1, 0.15) is 19.8 Å². The molecule has 0 unspecified atom stereocenters. The van der Waals surface area contributed by atoms with Crippen molar-refractivity contribution < 1.29 is 28.8 Å². The summed E-state index contributed by atoms with van der Waals surface area (Å²) in [5.41, 5.74) is 0. The molecule has 1 aliphatic rings. The zero-order valence-corrected chi connectivity index (χ0v) is 10.3. The van der Waals surface area contributed by atoms with E-state index in [2.05, 4.69) is 0 Å². The highest BCUT2D eigenvalue weighted by atomic mass is 16.7. The van der Waals surface area contributed by atoms with Gasteiger partial charge in [-0.1, -0.05) is 0 Å². The summed E-state index contributed by atoms with van der Waals surface area (Å²) in [5.74, 6) is -0.339. The van der Waals surface area contributed by atoms with Crippen LogP contribution < -0.4 is 0 Å². The summed E-state index contributed by atoms with van der Waals surface area (Å²) in [6.45, 7) is 1.69. The lowest BCUT2D eigenvalue weighted by Gasteiger charge is -2.34. The van der Waals surface area contributed by atoms with E-state index in [9.17, 15) is 4.79 Å². The Morgan fingerprint density at radius 3 is 2.71 bits per heavy atom. The van der Waals surface area contributed by atoms with E-state index in [1.165, 1.54) is 6.92 Å². The van der Waals surface area contributed by atoms with Gasteiger partial charge in [-0.3, -0.25) is 4.79 Å². The summed E-state index contributed by atoms with van der Waals surface area (Å²) < 4.78 is 20.7. The molecule has 0 radical (unpaired) electrons. The van der Waals surface area contributed by atoms with Crippen molar-refractivity contribution >= 4 is 5.97 Å². The van der Waals surface area contributed by atoms with Gasteiger partial charge in [-0.2, -0.15) is 0 Å². The van der Waals surface area contributed by atoms with Gasteiger partial charge in [0.05, 0.1) is 24.9 Å². The Morgan fingerprint density at radius 1 is 1.41 bits per heavy atom. The van der Waals surface area contributed by atoms with Crippen molar-refractivity contribution in [2.45, 2.75) is 38.1 Å². The summed E-state index contributed by atoms with van der Waals surface area (Å²) in [4.78, 5) is 10.7. The highest BCUT2D eigenvalue weighted by Gasteiger charge is 2.30. The first-order chi connectivity index (χ1) is 8.15. The van der Waals surface area contributed by atoms with Crippen LogP contribution in [-0.4, -0.2) is 56.5 Å². The van der Waals surface area contributed by atoms with Crippen molar-refractivity contribution in [1.82, 2.24) is 0 Å². The van der Waals surface area contributed by atoms with Crippen molar-refractivity contribution in [3.8, 4) is 0 Å². The van der Waals surface area contributed by atoms with E-state index in [-0.39, 0.29) is 44.3 Å². The van der Waals surface area contributed by atoms with E-state index in [1.54, 1.807) is 7.11 Å². The second-order valence-corrected chi connectivity index (χ2v) is 4.03. The molecule has 0 aromatic carbocycles. The topological polar surface area (TPSA) is 74.2 Å². The molecule has 0 aromatic heterocycles. The van der Waals surface area contributed by atoms with Crippen LogP contribution in [0.25, 0.3) is 0 Å². The van der Waals surface area contributed by atoms with E-state index < -0.39 is 0 Å². The van der Waals surface area contributed by atoms with Gasteiger partial charge in [0.15, 0.2) is 0 Å². The van der Waals surface area contributed by atoms with Crippen LogP contribution in [0.15, 0.2) is 0 Å². The summed E-state index contributed by atoms with van der Waals surface area (Å²) in [5, 5.41) is 9.11. The highest BCUT2D eigenvalue weighted by Crippen LogP contribution is 2.22. The molecule has 0 bridgehead atoms. The van der Waals surface area contributed by atoms with Crippen LogP contribution in [0.2, 0.25) is 0 Å². The van der Waals surface area contributed by atoms with Crippen LogP contribution >= 0.6 is 0 Å². The minimum atomic E-state index is -0.339. The van der Waals surface area contributed by atoms with E-state index in [0.717, 1.165) is 0 Å². The smallest absolute Gasteiger partial charge is 0.302 e. The summed E-state index contributed by atoms with van der Waals surface area (Å²) in [6.07, 6.45) is 0.711. The first-order valence-electron chi connectivity index (χ1n) is 5.66. The van der Waals surface area contributed by atoms with E-state index >= 15 is 0 Å². The van der Waals surface area contributed by atoms with Crippen molar-refractivity contribution in [3.05, 3.63) is 0 Å². The average Bonchev–Trinajstić information content (AvgIpc) is 2.33. The third kappa shape index (κ3) is 5.45. The average molecular weight is 248 g/mol. The first kappa shape index (κ1) is 14.4. The van der Waals surface area contributed by atoms with Gasteiger partial charge in [0.25, 0.3) is 0 Å². The van der Waals surface area contributed by atoms with Crippen LogP contribution in [0, 0.1) is 0 Å². The van der Waals surface area contributed by atoms with E-state index in [4.69, 9.17) is 24.1 Å². The maximum atomic E-state index is 10.7. The molecule has 0 saturated carbocycles. The fourth-order valence-electron chi connectivity index (χ4n) is 1.80. The van der Waals surface area contributed by atoms with Crippen molar-refractivity contribution in [1.29, 1.82) is 0 Å². The number of hydrogen-bond donors (Lipinski definition) is 1. The Labute approximate surface area is 101 Å². The van der Waals surface area contributed by atoms with Crippen molar-refractivity contribution in [2.24, 2.45) is 0 Å². The second-order valence-electron chi connectivity index (χ2n) is 4.03. The molecular weight excluding hydrogens is 228 g/mol. The number of esters is 1. The van der Waals surface area contributed by atoms with Crippen molar-refractivity contribution in [3.63, 3.8) is 0 Å². The molecule has 6 nitrogen and oxygen atoms in total. The molecule has 0 spiro atoms. The molecule has 3 atom stereocenters. The van der Waals surface area contributed by atoms with Crippen LogP contribution in [-0.2, 0) is 23.7 Å². The fourth-order valence-corrected chi connectivity index (χ4v) is 1.80. The molecule has 1 aliphatic heterocycles. The molecular formula is C11H20O6. The van der Waals surface area contributed by atoms with Gasteiger partial charge in [0.1, 0.15) is 13.4 Å². The monoisotopic (exact) mass is 248 g/mol. The number of carbonyl (C=O) groups excluding carboxylic acids is 1. The Bertz CT molecular complexity index is 232. The molecule has 0 amide bonds. The highest BCUT2D eigenvalue weighted by molar-refractivity contribution is 5.65. The third-order valence-corrected chi connectivity index (χ3v) is 2.53. The molecule has 1 saturated heterocycles. The van der Waals surface area contributed by atoms with Gasteiger partial charge < -0.3 is 24.1 Å². The standard InChI is InChI=1S/C11H20O6/c1-8(13)15-6-11-4-9(16-7-14-2)3-10(5-12)17-11/h9-12H,3-7H2,1-2H3/t9-,10+,11-/m0/s1. The predicted octanol–water partition coefficient (Wildman–Crippen LogP) is 0.0785. The molecule has 0 aliphatic carbocycles. The quantitative estimate of drug-likeness (QED) is 0.530. The number of hydrogen-bond acceptors (Lipinski definition) is 6. The van der Waals surface area contributed by atoms with Crippen LogP contribution in [0.5, 0.6) is 0 Å². The number of rotatable bonds is 6. The molecule has 100 valence electrons. The van der Waals surface area contributed by atoms with Gasteiger partial charge in [-0.05, 0) is 0 Å². The number of aliphatic hydroxyl groups is 1. The molecule has 1 N–H and O–H groups in total. The van der Waals surface area contributed by atoms with E-state index in [1.807, 2.05) is 0 Å². The Morgan fingerprint density at radius 2 is 2.12 bits per heavy atom.